The summed E-state index contributed by atoms with van der Waals surface area (Å²) in [6.07, 6.45) is -5.08. The van der Waals surface area contributed by atoms with Gasteiger partial charge in [-0.3, -0.25) is 9.63 Å². The van der Waals surface area contributed by atoms with Gasteiger partial charge in [0.05, 0.1) is 13.2 Å². The Bertz CT molecular complexity index is 438. The molecule has 0 radical (unpaired) electrons. The van der Waals surface area contributed by atoms with Gasteiger partial charge in [-0.2, -0.15) is 13.2 Å². The summed E-state index contributed by atoms with van der Waals surface area (Å²) in [4.78, 5) is 24.8. The Morgan fingerprint density at radius 3 is 2.19 bits per heavy atom. The quantitative estimate of drug-likeness (QED) is 0.709. The highest BCUT2D eigenvalue weighted by molar-refractivity contribution is 5.76. The van der Waals surface area contributed by atoms with Crippen molar-refractivity contribution in [2.75, 3.05) is 13.6 Å². The number of aliphatic carboxylic acids is 1. The van der Waals surface area contributed by atoms with E-state index in [0.717, 1.165) is 5.56 Å². The second kappa shape index (κ2) is 9.72. The third-order valence-electron chi connectivity index (χ3n) is 1.85. The summed E-state index contributed by atoms with van der Waals surface area (Å²) < 4.78 is 31.7. The van der Waals surface area contributed by atoms with E-state index in [9.17, 15) is 18.0 Å². The molecule has 0 aliphatic carbocycles. The molecule has 0 unspecified atom stereocenters. The Morgan fingerprint density at radius 1 is 1.24 bits per heavy atom. The van der Waals surface area contributed by atoms with Crippen molar-refractivity contribution >= 4 is 11.9 Å². The maximum atomic E-state index is 10.9. The number of hydrogen-bond acceptors (Lipinski definition) is 4. The summed E-state index contributed by atoms with van der Waals surface area (Å²) in [5.41, 5.74) is 3.36. The number of nitrogens with one attached hydrogen (secondary N) is 2. The molecule has 9 heteroatoms. The first kappa shape index (κ1) is 18.9. The second-order valence-electron chi connectivity index (χ2n) is 3.63. The number of carboxylic acid groups (broad SMARTS) is 1. The number of hydrogen-bond donors (Lipinski definition) is 3. The van der Waals surface area contributed by atoms with Crippen LogP contribution in [-0.2, 0) is 21.0 Å². The van der Waals surface area contributed by atoms with E-state index in [2.05, 4.69) is 10.8 Å². The number of halogens is 3. The van der Waals surface area contributed by atoms with Gasteiger partial charge in [0.2, 0.25) is 0 Å². The van der Waals surface area contributed by atoms with Gasteiger partial charge < -0.3 is 10.4 Å². The van der Waals surface area contributed by atoms with Crippen molar-refractivity contribution in [2.24, 2.45) is 0 Å². The van der Waals surface area contributed by atoms with Gasteiger partial charge in [-0.15, -0.1) is 0 Å². The lowest BCUT2D eigenvalue weighted by atomic mass is 10.2. The fraction of sp³-hybridized carbons (Fsp3) is 0.333. The summed E-state index contributed by atoms with van der Waals surface area (Å²) >= 11 is 0. The van der Waals surface area contributed by atoms with E-state index in [1.54, 1.807) is 7.05 Å². The summed E-state index contributed by atoms with van der Waals surface area (Å²) in [6, 6.07) is 9.65. The Hall–Kier alpha value is -2.13. The molecular weight excluding hydrogens is 293 g/mol. The van der Waals surface area contributed by atoms with Crippen molar-refractivity contribution in [2.45, 2.75) is 12.8 Å². The Labute approximate surface area is 118 Å². The molecule has 0 fully saturated rings. The number of rotatable bonds is 5. The van der Waals surface area contributed by atoms with Crippen LogP contribution in [0.15, 0.2) is 30.3 Å². The number of alkyl halides is 3. The molecule has 6 nitrogen and oxygen atoms in total. The molecule has 0 atom stereocenters. The number of carboxylic acids is 1. The molecule has 0 bridgehead atoms. The predicted molar refractivity (Wildman–Crippen MR) is 67.0 cm³/mol. The molecule has 1 rings (SSSR count). The van der Waals surface area contributed by atoms with Crippen LogP contribution in [0.5, 0.6) is 0 Å². The van der Waals surface area contributed by atoms with E-state index in [4.69, 9.17) is 14.7 Å². The molecule has 118 valence electrons. The van der Waals surface area contributed by atoms with Crippen molar-refractivity contribution in [1.82, 2.24) is 10.8 Å². The molecular formula is C12H15F3N2O4. The van der Waals surface area contributed by atoms with Crippen LogP contribution >= 0.6 is 0 Å². The van der Waals surface area contributed by atoms with E-state index in [1.807, 2.05) is 30.3 Å². The SMILES string of the molecule is CNCC(=O)NOCc1ccccc1.O=C(O)C(F)(F)F. The second-order valence-corrected chi connectivity index (χ2v) is 3.63. The first-order valence-corrected chi connectivity index (χ1v) is 5.66. The van der Waals surface area contributed by atoms with Crippen molar-refractivity contribution in [1.29, 1.82) is 0 Å². The van der Waals surface area contributed by atoms with Crippen LogP contribution in [0.4, 0.5) is 13.2 Å². The zero-order valence-corrected chi connectivity index (χ0v) is 11.1. The highest BCUT2D eigenvalue weighted by Gasteiger charge is 2.38. The third-order valence-corrected chi connectivity index (χ3v) is 1.85. The molecule has 0 heterocycles. The molecule has 0 aromatic heterocycles. The van der Waals surface area contributed by atoms with Gasteiger partial charge in [0.1, 0.15) is 0 Å². The Morgan fingerprint density at radius 2 is 1.76 bits per heavy atom. The Balaban J connectivity index is 0.000000486. The maximum Gasteiger partial charge on any atom is 0.490 e. The smallest absolute Gasteiger partial charge is 0.475 e. The van der Waals surface area contributed by atoms with Crippen molar-refractivity contribution in [3.05, 3.63) is 35.9 Å². The van der Waals surface area contributed by atoms with Crippen LogP contribution in [0.2, 0.25) is 0 Å². The summed E-state index contributed by atoms with van der Waals surface area (Å²) in [6.45, 7) is 0.644. The summed E-state index contributed by atoms with van der Waals surface area (Å²) in [5.74, 6) is -2.93. The molecule has 1 amide bonds. The first-order chi connectivity index (χ1) is 9.77. The molecule has 0 saturated carbocycles. The van der Waals surface area contributed by atoms with Crippen LogP contribution < -0.4 is 10.8 Å². The topological polar surface area (TPSA) is 87.7 Å². The number of benzene rings is 1. The van der Waals surface area contributed by atoms with E-state index in [-0.39, 0.29) is 12.5 Å². The molecule has 0 aliphatic rings. The molecule has 21 heavy (non-hydrogen) atoms. The minimum atomic E-state index is -5.08. The lowest BCUT2D eigenvalue weighted by molar-refractivity contribution is -0.192. The summed E-state index contributed by atoms with van der Waals surface area (Å²) in [7, 11) is 1.71. The van der Waals surface area contributed by atoms with Gasteiger partial charge in [-0.25, -0.2) is 10.3 Å². The average molecular weight is 308 g/mol. The number of hydroxylamine groups is 1. The van der Waals surface area contributed by atoms with Crippen LogP contribution in [0.1, 0.15) is 5.56 Å². The highest BCUT2D eigenvalue weighted by Crippen LogP contribution is 2.13. The first-order valence-electron chi connectivity index (χ1n) is 5.66. The monoisotopic (exact) mass is 308 g/mol. The lowest BCUT2D eigenvalue weighted by Crippen LogP contribution is -2.32. The van der Waals surface area contributed by atoms with Crippen molar-refractivity contribution in [3.8, 4) is 0 Å². The third kappa shape index (κ3) is 10.3. The van der Waals surface area contributed by atoms with Gasteiger partial charge in [-0.1, -0.05) is 30.3 Å². The average Bonchev–Trinajstić information content (AvgIpc) is 2.40. The van der Waals surface area contributed by atoms with Crippen molar-refractivity contribution < 1.29 is 32.7 Å². The van der Waals surface area contributed by atoms with Crippen LogP contribution in [-0.4, -0.2) is 36.8 Å². The molecule has 1 aromatic rings. The largest absolute Gasteiger partial charge is 0.490 e. The molecule has 1 aromatic carbocycles. The number of carbonyl (C=O) groups excluding carboxylic acids is 1. The molecule has 0 aliphatic heterocycles. The van der Waals surface area contributed by atoms with E-state index >= 15 is 0 Å². The summed E-state index contributed by atoms with van der Waals surface area (Å²) in [5, 5.41) is 9.85. The van der Waals surface area contributed by atoms with Crippen LogP contribution in [0.3, 0.4) is 0 Å². The fourth-order valence-electron chi connectivity index (χ4n) is 0.971. The minimum Gasteiger partial charge on any atom is -0.475 e. The van der Waals surface area contributed by atoms with Gasteiger partial charge in [0.25, 0.3) is 5.91 Å². The zero-order chi connectivity index (χ0) is 16.3. The van der Waals surface area contributed by atoms with E-state index < -0.39 is 12.1 Å². The molecule has 0 saturated heterocycles. The number of likely N-dealkylation sites (N-methyl/N-ethyl adjacent to an activating group) is 1. The van der Waals surface area contributed by atoms with E-state index in [1.165, 1.54) is 0 Å². The standard InChI is InChI=1S/C10H14N2O2.C2HF3O2/c1-11-7-10(13)12-14-8-9-5-3-2-4-6-9;3-2(4,5)1(6)7/h2-6,11H,7-8H2,1H3,(H,12,13);(H,6,7). The number of amides is 1. The minimum absolute atomic E-state index is 0.177. The van der Waals surface area contributed by atoms with Crippen LogP contribution in [0.25, 0.3) is 0 Å². The number of carbonyl (C=O) groups is 2. The highest BCUT2D eigenvalue weighted by atomic mass is 19.4. The van der Waals surface area contributed by atoms with Gasteiger partial charge in [-0.05, 0) is 12.6 Å². The zero-order valence-electron chi connectivity index (χ0n) is 11.1. The lowest BCUT2D eigenvalue weighted by Gasteiger charge is -2.04. The molecule has 0 spiro atoms. The maximum absolute atomic E-state index is 10.9. The molecule has 3 N–H and O–H groups in total. The van der Waals surface area contributed by atoms with Gasteiger partial charge >= 0.3 is 12.1 Å². The fourth-order valence-corrected chi connectivity index (χ4v) is 0.971. The van der Waals surface area contributed by atoms with Gasteiger partial charge in [0, 0.05) is 0 Å². The Kier molecular flexibility index (Phi) is 8.74. The predicted octanol–water partition coefficient (Wildman–Crippen LogP) is 1.09. The van der Waals surface area contributed by atoms with E-state index in [0.29, 0.717) is 6.61 Å². The van der Waals surface area contributed by atoms with Crippen LogP contribution in [0, 0.1) is 0 Å². The van der Waals surface area contributed by atoms with Crippen molar-refractivity contribution in [3.63, 3.8) is 0 Å². The normalized spacial score (nSPS) is 10.3. The van der Waals surface area contributed by atoms with Gasteiger partial charge in [0.15, 0.2) is 0 Å².